The maximum atomic E-state index is 13.4. The summed E-state index contributed by atoms with van der Waals surface area (Å²) in [7, 11) is -1.92. The summed E-state index contributed by atoms with van der Waals surface area (Å²) in [5, 5.41) is 4.49. The maximum Gasteiger partial charge on any atom is 0.243 e. The third-order valence-electron chi connectivity index (χ3n) is 7.41. The van der Waals surface area contributed by atoms with Crippen molar-refractivity contribution in [3.63, 3.8) is 0 Å². The predicted octanol–water partition coefficient (Wildman–Crippen LogP) is 1.96. The van der Waals surface area contributed by atoms with Gasteiger partial charge in [-0.2, -0.15) is 4.72 Å². The molecule has 11 heteroatoms. The molecule has 4 rings (SSSR count). The van der Waals surface area contributed by atoms with Gasteiger partial charge < -0.3 is 9.80 Å². The highest BCUT2D eigenvalue weighted by molar-refractivity contribution is 9.10. The van der Waals surface area contributed by atoms with Crippen molar-refractivity contribution in [2.24, 2.45) is 0 Å². The highest BCUT2D eigenvalue weighted by Crippen LogP contribution is 2.29. The van der Waals surface area contributed by atoms with Crippen molar-refractivity contribution in [1.82, 2.24) is 24.7 Å². The van der Waals surface area contributed by atoms with Gasteiger partial charge in [0.2, 0.25) is 21.8 Å². The molecular formula is C25H36BrN5O4S. The molecule has 0 spiro atoms. The minimum Gasteiger partial charge on any atom is -0.332 e. The van der Waals surface area contributed by atoms with Crippen molar-refractivity contribution in [3.8, 4) is 0 Å². The van der Waals surface area contributed by atoms with Gasteiger partial charge in [-0.3, -0.25) is 19.8 Å². The molecule has 0 aliphatic carbocycles. The van der Waals surface area contributed by atoms with Gasteiger partial charge >= 0.3 is 0 Å². The van der Waals surface area contributed by atoms with Crippen molar-refractivity contribution in [2.45, 2.75) is 50.2 Å². The van der Waals surface area contributed by atoms with Crippen LogP contribution < -0.4 is 10.0 Å². The Morgan fingerprint density at radius 1 is 1.11 bits per heavy atom. The third kappa shape index (κ3) is 6.55. The van der Waals surface area contributed by atoms with Gasteiger partial charge in [0.1, 0.15) is 11.7 Å². The van der Waals surface area contributed by atoms with Crippen LogP contribution in [-0.4, -0.2) is 93.0 Å². The molecule has 9 nitrogen and oxygen atoms in total. The number of benzene rings is 1. The topological polar surface area (TPSA) is 102 Å². The fourth-order valence-electron chi connectivity index (χ4n) is 5.49. The number of piperidine rings is 1. The van der Waals surface area contributed by atoms with Crippen LogP contribution in [0.15, 0.2) is 34.1 Å². The second-order valence-electron chi connectivity index (χ2n) is 9.89. The molecule has 3 fully saturated rings. The second-order valence-corrected chi connectivity index (χ2v) is 12.4. The molecule has 0 unspecified atom stereocenters. The van der Waals surface area contributed by atoms with Gasteiger partial charge in [-0.25, -0.2) is 8.42 Å². The molecule has 2 atom stereocenters. The Bertz CT molecular complexity index is 1070. The van der Waals surface area contributed by atoms with Crippen LogP contribution in [0.25, 0.3) is 6.08 Å². The smallest absolute Gasteiger partial charge is 0.243 e. The van der Waals surface area contributed by atoms with Crippen LogP contribution in [0.5, 0.6) is 0 Å². The Balaban J connectivity index is 1.37. The molecule has 3 saturated heterocycles. The van der Waals surface area contributed by atoms with Crippen molar-refractivity contribution in [2.75, 3.05) is 46.3 Å². The van der Waals surface area contributed by atoms with E-state index < -0.39 is 21.7 Å². The lowest BCUT2D eigenvalue weighted by Crippen LogP contribution is -2.63. The van der Waals surface area contributed by atoms with Crippen LogP contribution in [0.1, 0.15) is 44.1 Å². The molecule has 0 radical (unpaired) electrons. The first-order valence-corrected chi connectivity index (χ1v) is 15.0. The van der Waals surface area contributed by atoms with Crippen LogP contribution in [-0.2, 0) is 19.6 Å². The number of carbonyl (C=O) groups excluding carboxylic acids is 2. The van der Waals surface area contributed by atoms with Crippen LogP contribution >= 0.6 is 15.9 Å². The first kappa shape index (κ1) is 27.3. The first-order chi connectivity index (χ1) is 17.2. The standard InChI is InChI=1S/C25H36BrN5O4S/c1-27-25(19-29-13-2-3-14-29)12-5-16-31(25)23(32)18-30-15-4-6-22(24(30)33)28-36(34,35)17-11-20-7-9-21(26)10-8-20/h7-11,17,22,27-28H,2-6,12-16,18-19H2,1H3/b17-11+/t22-,25-/m0/s1. The number of carbonyl (C=O) groups is 2. The van der Waals surface area contributed by atoms with E-state index in [1.54, 1.807) is 12.1 Å². The van der Waals surface area contributed by atoms with Gasteiger partial charge in [-0.1, -0.05) is 28.1 Å². The number of amides is 2. The largest absolute Gasteiger partial charge is 0.332 e. The number of hydrogen-bond donors (Lipinski definition) is 2. The Morgan fingerprint density at radius 3 is 2.53 bits per heavy atom. The quantitative estimate of drug-likeness (QED) is 0.462. The molecule has 198 valence electrons. The van der Waals surface area contributed by atoms with Crippen LogP contribution in [0.4, 0.5) is 0 Å². The molecule has 3 aliphatic heterocycles. The molecule has 3 aliphatic rings. The average molecular weight is 583 g/mol. The molecule has 36 heavy (non-hydrogen) atoms. The molecular weight excluding hydrogens is 546 g/mol. The van der Waals surface area contributed by atoms with Gasteiger partial charge in [-0.05, 0) is 82.4 Å². The van der Waals surface area contributed by atoms with E-state index in [-0.39, 0.29) is 18.4 Å². The summed E-state index contributed by atoms with van der Waals surface area (Å²) in [6.07, 6.45) is 6.71. The van der Waals surface area contributed by atoms with E-state index in [2.05, 4.69) is 30.9 Å². The van der Waals surface area contributed by atoms with E-state index in [0.717, 1.165) is 47.9 Å². The van der Waals surface area contributed by atoms with Crippen molar-refractivity contribution in [3.05, 3.63) is 39.7 Å². The number of hydrogen-bond acceptors (Lipinski definition) is 6. The zero-order valence-corrected chi connectivity index (χ0v) is 23.2. The molecule has 2 N–H and O–H groups in total. The zero-order chi connectivity index (χ0) is 25.8. The van der Waals surface area contributed by atoms with Crippen molar-refractivity contribution >= 4 is 43.8 Å². The Morgan fingerprint density at radius 2 is 1.83 bits per heavy atom. The number of nitrogens with zero attached hydrogens (tertiary/aromatic N) is 3. The minimum absolute atomic E-state index is 0.0325. The monoisotopic (exact) mass is 581 g/mol. The number of halogens is 1. The van der Waals surface area contributed by atoms with E-state index in [9.17, 15) is 18.0 Å². The molecule has 2 amide bonds. The summed E-state index contributed by atoms with van der Waals surface area (Å²) >= 11 is 3.35. The van der Waals surface area contributed by atoms with Gasteiger partial charge in [0.25, 0.3) is 0 Å². The van der Waals surface area contributed by atoms with E-state index in [0.29, 0.717) is 25.9 Å². The van der Waals surface area contributed by atoms with Crippen molar-refractivity contribution < 1.29 is 18.0 Å². The van der Waals surface area contributed by atoms with Gasteiger partial charge in [-0.15, -0.1) is 0 Å². The Kier molecular flexibility index (Phi) is 8.87. The van der Waals surface area contributed by atoms with Gasteiger partial charge in [0, 0.05) is 29.5 Å². The number of sulfonamides is 1. The molecule has 1 aromatic rings. The number of likely N-dealkylation sites (N-methyl/N-ethyl adjacent to an activating group) is 1. The highest BCUT2D eigenvalue weighted by atomic mass is 79.9. The minimum atomic E-state index is -3.83. The number of likely N-dealkylation sites (tertiary alicyclic amines) is 3. The van der Waals surface area contributed by atoms with E-state index >= 15 is 0 Å². The van der Waals surface area contributed by atoms with Gasteiger partial charge in [0.15, 0.2) is 0 Å². The lowest BCUT2D eigenvalue weighted by molar-refractivity contribution is -0.146. The lowest BCUT2D eigenvalue weighted by atomic mass is 10.0. The highest BCUT2D eigenvalue weighted by Gasteiger charge is 2.44. The number of nitrogens with one attached hydrogen (secondary N) is 2. The van der Waals surface area contributed by atoms with Crippen molar-refractivity contribution in [1.29, 1.82) is 0 Å². The Labute approximate surface area is 222 Å². The Hall–Kier alpha value is -1.79. The van der Waals surface area contributed by atoms with Gasteiger partial charge in [0.05, 0.1) is 6.54 Å². The molecule has 3 heterocycles. The second kappa shape index (κ2) is 11.7. The number of rotatable bonds is 9. The molecule has 0 aromatic heterocycles. The average Bonchev–Trinajstić information content (AvgIpc) is 3.52. The summed E-state index contributed by atoms with van der Waals surface area (Å²) in [5.74, 6) is -0.433. The van der Waals surface area contributed by atoms with E-state index in [4.69, 9.17) is 0 Å². The fraction of sp³-hybridized carbons (Fsp3) is 0.600. The first-order valence-electron chi connectivity index (χ1n) is 12.7. The van der Waals surface area contributed by atoms with Crippen LogP contribution in [0, 0.1) is 0 Å². The SMILES string of the molecule is CN[C@@]1(CN2CCCC2)CCCN1C(=O)CN1CCC[C@H](NS(=O)(=O)/C=C/c2ccc(Br)cc2)C1=O. The lowest BCUT2D eigenvalue weighted by Gasteiger charge is -2.42. The molecule has 1 aromatic carbocycles. The summed E-state index contributed by atoms with van der Waals surface area (Å²) < 4.78 is 28.7. The third-order valence-corrected chi connectivity index (χ3v) is 9.05. The predicted molar refractivity (Wildman–Crippen MR) is 143 cm³/mol. The van der Waals surface area contributed by atoms with Crippen LogP contribution in [0.3, 0.4) is 0 Å². The molecule has 0 bridgehead atoms. The zero-order valence-electron chi connectivity index (χ0n) is 20.8. The normalized spacial score (nSPS) is 25.8. The summed E-state index contributed by atoms with van der Waals surface area (Å²) in [6.45, 7) is 3.96. The summed E-state index contributed by atoms with van der Waals surface area (Å²) in [6, 6.07) is 6.37. The fourth-order valence-corrected chi connectivity index (χ4v) is 6.79. The summed E-state index contributed by atoms with van der Waals surface area (Å²) in [4.78, 5) is 32.4. The van der Waals surface area contributed by atoms with E-state index in [1.807, 2.05) is 24.1 Å². The summed E-state index contributed by atoms with van der Waals surface area (Å²) in [5.41, 5.74) is 0.317. The van der Waals surface area contributed by atoms with E-state index in [1.165, 1.54) is 23.8 Å². The molecule has 0 saturated carbocycles. The van der Waals surface area contributed by atoms with Crippen LogP contribution in [0.2, 0.25) is 0 Å². The maximum absolute atomic E-state index is 13.4.